The molecule has 3 nitrogen and oxygen atoms in total. The van der Waals surface area contributed by atoms with E-state index in [-0.39, 0.29) is 29.8 Å². The van der Waals surface area contributed by atoms with Crippen LogP contribution in [-0.4, -0.2) is 23.7 Å². The second-order valence-electron chi connectivity index (χ2n) is 5.56. The highest BCUT2D eigenvalue weighted by Crippen LogP contribution is 2.17. The van der Waals surface area contributed by atoms with E-state index in [0.717, 1.165) is 11.5 Å². The molecule has 0 saturated carbocycles. The van der Waals surface area contributed by atoms with E-state index in [0.29, 0.717) is 12.1 Å². The number of amides is 1. The van der Waals surface area contributed by atoms with Gasteiger partial charge in [-0.2, -0.15) is 11.8 Å². The van der Waals surface area contributed by atoms with Gasteiger partial charge in [-0.05, 0) is 36.3 Å². The summed E-state index contributed by atoms with van der Waals surface area (Å²) < 4.78 is 0. The van der Waals surface area contributed by atoms with E-state index in [1.54, 1.807) is 0 Å². The van der Waals surface area contributed by atoms with Gasteiger partial charge in [-0.15, -0.1) is 12.4 Å². The van der Waals surface area contributed by atoms with Crippen LogP contribution < -0.4 is 11.1 Å². The third-order valence-electron chi connectivity index (χ3n) is 3.79. The van der Waals surface area contributed by atoms with Gasteiger partial charge in [0.05, 0.1) is 5.54 Å². The minimum absolute atomic E-state index is 0. The van der Waals surface area contributed by atoms with Crippen molar-refractivity contribution in [3.63, 3.8) is 0 Å². The molecule has 21 heavy (non-hydrogen) atoms. The molecule has 3 N–H and O–H groups in total. The summed E-state index contributed by atoms with van der Waals surface area (Å²) in [6, 6.07) is 7.82. The van der Waals surface area contributed by atoms with Crippen molar-refractivity contribution in [1.29, 1.82) is 0 Å². The molecule has 0 saturated heterocycles. The van der Waals surface area contributed by atoms with E-state index in [4.69, 9.17) is 5.73 Å². The van der Waals surface area contributed by atoms with Crippen molar-refractivity contribution in [2.75, 3.05) is 12.3 Å². The second kappa shape index (κ2) is 9.34. The normalized spacial score (nSPS) is 13.4. The molecule has 0 bridgehead atoms. The minimum Gasteiger partial charge on any atom is -0.345 e. The third kappa shape index (κ3) is 5.89. The van der Waals surface area contributed by atoms with Gasteiger partial charge in [0.1, 0.15) is 0 Å². The first-order valence-corrected chi connectivity index (χ1v) is 8.27. The molecule has 5 heteroatoms. The standard InChI is InChI=1S/C16H26N2OS.ClH/c1-5-20-10-13-6-8-14(9-7-13)15(19)18-16(4,11-17)12(2)3;/h6-9,12H,5,10-11,17H2,1-4H3,(H,18,19);1H. The molecule has 0 spiro atoms. The Bertz CT molecular complexity index is 436. The highest BCUT2D eigenvalue weighted by atomic mass is 35.5. The highest BCUT2D eigenvalue weighted by molar-refractivity contribution is 7.98. The van der Waals surface area contributed by atoms with Gasteiger partial charge in [-0.3, -0.25) is 4.79 Å². The fourth-order valence-electron chi connectivity index (χ4n) is 1.73. The molecule has 0 heterocycles. The summed E-state index contributed by atoms with van der Waals surface area (Å²) in [6.07, 6.45) is 0. The third-order valence-corrected chi connectivity index (χ3v) is 4.73. The van der Waals surface area contributed by atoms with Crippen LogP contribution in [0, 0.1) is 5.92 Å². The summed E-state index contributed by atoms with van der Waals surface area (Å²) in [7, 11) is 0. The summed E-state index contributed by atoms with van der Waals surface area (Å²) in [6.45, 7) is 8.70. The van der Waals surface area contributed by atoms with Crippen molar-refractivity contribution >= 4 is 30.1 Å². The van der Waals surface area contributed by atoms with Crippen LogP contribution in [0.3, 0.4) is 0 Å². The predicted octanol–water partition coefficient (Wildman–Crippen LogP) is 3.46. The van der Waals surface area contributed by atoms with Crippen molar-refractivity contribution in [2.45, 2.75) is 39.0 Å². The Kier molecular flexibility index (Phi) is 9.02. The van der Waals surface area contributed by atoms with Crippen molar-refractivity contribution in [3.8, 4) is 0 Å². The molecule has 0 aliphatic rings. The van der Waals surface area contributed by atoms with Crippen molar-refractivity contribution in [1.82, 2.24) is 5.32 Å². The van der Waals surface area contributed by atoms with Gasteiger partial charge in [0.25, 0.3) is 5.91 Å². The maximum absolute atomic E-state index is 12.3. The van der Waals surface area contributed by atoms with Crippen LogP contribution >= 0.6 is 24.2 Å². The van der Waals surface area contributed by atoms with Gasteiger partial charge in [-0.1, -0.05) is 32.9 Å². The lowest BCUT2D eigenvalue weighted by Gasteiger charge is -2.33. The fraction of sp³-hybridized carbons (Fsp3) is 0.562. The summed E-state index contributed by atoms with van der Waals surface area (Å²) in [5, 5.41) is 3.05. The first-order chi connectivity index (χ1) is 9.42. The second-order valence-corrected chi connectivity index (χ2v) is 6.84. The molecule has 0 fully saturated rings. The summed E-state index contributed by atoms with van der Waals surface area (Å²) in [4.78, 5) is 12.3. The molecule has 0 radical (unpaired) electrons. The highest BCUT2D eigenvalue weighted by Gasteiger charge is 2.28. The van der Waals surface area contributed by atoms with Crippen LogP contribution in [0.25, 0.3) is 0 Å². The summed E-state index contributed by atoms with van der Waals surface area (Å²) >= 11 is 1.88. The topological polar surface area (TPSA) is 55.1 Å². The van der Waals surface area contributed by atoms with Gasteiger partial charge in [0, 0.05) is 17.9 Å². The molecule has 1 unspecified atom stereocenters. The largest absolute Gasteiger partial charge is 0.345 e. The first-order valence-electron chi connectivity index (χ1n) is 7.12. The molecular weight excluding hydrogens is 304 g/mol. The smallest absolute Gasteiger partial charge is 0.251 e. The lowest BCUT2D eigenvalue weighted by molar-refractivity contribution is 0.0883. The van der Waals surface area contributed by atoms with Crippen LogP contribution in [0.5, 0.6) is 0 Å². The number of carbonyl (C=O) groups excluding carboxylic acids is 1. The number of hydrogen-bond acceptors (Lipinski definition) is 3. The van der Waals surface area contributed by atoms with E-state index >= 15 is 0 Å². The number of benzene rings is 1. The number of thioether (sulfide) groups is 1. The Labute approximate surface area is 138 Å². The Morgan fingerprint density at radius 2 is 1.90 bits per heavy atom. The number of hydrogen-bond donors (Lipinski definition) is 2. The van der Waals surface area contributed by atoms with Gasteiger partial charge >= 0.3 is 0 Å². The van der Waals surface area contributed by atoms with Gasteiger partial charge < -0.3 is 11.1 Å². The van der Waals surface area contributed by atoms with Crippen LogP contribution in [0.2, 0.25) is 0 Å². The lowest BCUT2D eigenvalue weighted by atomic mass is 9.88. The molecule has 0 aliphatic carbocycles. The number of carbonyl (C=O) groups is 1. The Morgan fingerprint density at radius 1 is 1.33 bits per heavy atom. The lowest BCUT2D eigenvalue weighted by Crippen LogP contribution is -2.55. The molecule has 120 valence electrons. The van der Waals surface area contributed by atoms with Gasteiger partial charge in [-0.25, -0.2) is 0 Å². The zero-order valence-corrected chi connectivity index (χ0v) is 14.9. The van der Waals surface area contributed by atoms with Crippen molar-refractivity contribution in [2.24, 2.45) is 11.7 Å². The number of rotatable bonds is 7. The average molecular weight is 331 g/mol. The SMILES string of the molecule is CCSCc1ccc(C(=O)NC(C)(CN)C(C)C)cc1.Cl. The molecule has 1 rings (SSSR count). The molecule has 1 aromatic carbocycles. The summed E-state index contributed by atoms with van der Waals surface area (Å²) in [5.74, 6) is 2.33. The van der Waals surface area contributed by atoms with Crippen LogP contribution in [0.4, 0.5) is 0 Å². The molecule has 0 aliphatic heterocycles. The van der Waals surface area contributed by atoms with E-state index in [1.807, 2.05) is 43.0 Å². The summed E-state index contributed by atoms with van der Waals surface area (Å²) in [5.41, 5.74) is 7.37. The molecular formula is C16H27ClN2OS. The predicted molar refractivity (Wildman–Crippen MR) is 95.3 cm³/mol. The number of halogens is 1. The number of nitrogens with two attached hydrogens (primary N) is 1. The van der Waals surface area contributed by atoms with E-state index in [2.05, 4.69) is 26.1 Å². The molecule has 1 aromatic rings. The Hall–Kier alpha value is -0.710. The van der Waals surface area contributed by atoms with E-state index < -0.39 is 0 Å². The Balaban J connectivity index is 0.00000400. The van der Waals surface area contributed by atoms with E-state index in [1.165, 1.54) is 5.56 Å². The first kappa shape index (κ1) is 20.3. The zero-order valence-electron chi connectivity index (χ0n) is 13.3. The molecule has 1 amide bonds. The quantitative estimate of drug-likeness (QED) is 0.805. The maximum Gasteiger partial charge on any atom is 0.251 e. The minimum atomic E-state index is -0.367. The molecule has 0 aromatic heterocycles. The van der Waals surface area contributed by atoms with E-state index in [9.17, 15) is 4.79 Å². The molecule has 1 atom stereocenters. The van der Waals surface area contributed by atoms with Crippen molar-refractivity contribution < 1.29 is 4.79 Å². The van der Waals surface area contributed by atoms with Crippen LogP contribution in [-0.2, 0) is 5.75 Å². The van der Waals surface area contributed by atoms with Crippen LogP contribution in [0.1, 0.15) is 43.6 Å². The monoisotopic (exact) mass is 330 g/mol. The fourth-order valence-corrected chi connectivity index (χ4v) is 2.37. The maximum atomic E-state index is 12.3. The zero-order chi connectivity index (χ0) is 15.2. The van der Waals surface area contributed by atoms with Crippen LogP contribution in [0.15, 0.2) is 24.3 Å². The van der Waals surface area contributed by atoms with Gasteiger partial charge in [0.15, 0.2) is 0 Å². The average Bonchev–Trinajstić information content (AvgIpc) is 2.45. The van der Waals surface area contributed by atoms with Crippen molar-refractivity contribution in [3.05, 3.63) is 35.4 Å². The number of nitrogens with one attached hydrogen (secondary N) is 1. The Morgan fingerprint density at radius 3 is 2.33 bits per heavy atom. The van der Waals surface area contributed by atoms with Gasteiger partial charge in [0.2, 0.25) is 0 Å².